The van der Waals surface area contributed by atoms with Crippen LogP contribution in [0.3, 0.4) is 0 Å². The fourth-order valence-electron chi connectivity index (χ4n) is 3.29. The van der Waals surface area contributed by atoms with Crippen LogP contribution >= 0.6 is 0 Å². The lowest BCUT2D eigenvalue weighted by Gasteiger charge is -2.37. The molecule has 2 rings (SSSR count). The van der Waals surface area contributed by atoms with Gasteiger partial charge < -0.3 is 24.1 Å². The van der Waals surface area contributed by atoms with Crippen molar-refractivity contribution in [2.45, 2.75) is 76.8 Å². The maximum Gasteiger partial charge on any atom is 0.506 e. The van der Waals surface area contributed by atoms with Gasteiger partial charge in [0.2, 0.25) is 0 Å². The molecule has 6 heteroatoms. The summed E-state index contributed by atoms with van der Waals surface area (Å²) in [5.41, 5.74) is 0. The van der Waals surface area contributed by atoms with E-state index >= 15 is 0 Å². The molecule has 1 N–H and O–H groups in total. The van der Waals surface area contributed by atoms with Gasteiger partial charge in [0.15, 0.2) is 12.4 Å². The summed E-state index contributed by atoms with van der Waals surface area (Å²) in [5.74, 6) is 0.376. The van der Waals surface area contributed by atoms with E-state index in [1.807, 2.05) is 0 Å². The number of hydrogen-bond donors (Lipinski definition) is 1. The first-order valence-electron chi connectivity index (χ1n) is 8.93. The monoisotopic (exact) mass is 330 g/mol. The molecule has 0 radical (unpaired) electrons. The molecule has 0 aromatic heterocycles. The first-order chi connectivity index (χ1) is 11.2. The summed E-state index contributed by atoms with van der Waals surface area (Å²) in [6.45, 7) is 3.66. The molecule has 0 aromatic carbocycles. The third-order valence-electron chi connectivity index (χ3n) is 4.62. The van der Waals surface area contributed by atoms with Crippen molar-refractivity contribution in [2.24, 2.45) is 5.92 Å². The zero-order valence-corrected chi connectivity index (χ0v) is 14.1. The fourth-order valence-corrected chi connectivity index (χ4v) is 3.29. The van der Waals surface area contributed by atoms with E-state index in [-0.39, 0.29) is 19.5 Å². The summed E-state index contributed by atoms with van der Waals surface area (Å²) in [5, 5.41) is 8.58. The minimum atomic E-state index is -1.28. The number of carbonyl (C=O) groups is 1. The number of ether oxygens (including phenoxy) is 4. The molecule has 0 atom stereocenters. The first-order valence-corrected chi connectivity index (χ1v) is 8.93. The lowest BCUT2D eigenvalue weighted by Crippen LogP contribution is -2.43. The van der Waals surface area contributed by atoms with Crippen LogP contribution in [0, 0.1) is 5.92 Å². The van der Waals surface area contributed by atoms with Crippen LogP contribution in [0.2, 0.25) is 0 Å². The molecule has 134 valence electrons. The van der Waals surface area contributed by atoms with E-state index in [0.29, 0.717) is 12.0 Å². The SMILES string of the molecule is CCCCCCOC1CCC(C2OCC(OC(=O)O)CO2)CC1. The molecule has 0 spiro atoms. The number of hydrogen-bond acceptors (Lipinski definition) is 5. The van der Waals surface area contributed by atoms with Crippen LogP contribution in [0.1, 0.15) is 58.3 Å². The maximum atomic E-state index is 10.5. The van der Waals surface area contributed by atoms with Crippen molar-refractivity contribution in [3.05, 3.63) is 0 Å². The van der Waals surface area contributed by atoms with E-state index in [1.165, 1.54) is 19.3 Å². The maximum absolute atomic E-state index is 10.5. The Hall–Kier alpha value is -0.850. The second-order valence-electron chi connectivity index (χ2n) is 6.51. The Morgan fingerprint density at radius 3 is 2.35 bits per heavy atom. The molecule has 1 saturated heterocycles. The predicted octanol–water partition coefficient (Wildman–Crippen LogP) is 3.58. The Morgan fingerprint density at radius 2 is 1.74 bits per heavy atom. The Labute approximate surface area is 138 Å². The molecule has 0 amide bonds. The summed E-state index contributed by atoms with van der Waals surface area (Å²) in [7, 11) is 0. The van der Waals surface area contributed by atoms with Crippen molar-refractivity contribution >= 4 is 6.16 Å². The second-order valence-corrected chi connectivity index (χ2v) is 6.51. The molecule has 0 bridgehead atoms. The van der Waals surface area contributed by atoms with Crippen molar-refractivity contribution in [3.8, 4) is 0 Å². The lowest BCUT2D eigenvalue weighted by atomic mass is 9.86. The van der Waals surface area contributed by atoms with Crippen LogP contribution in [0.25, 0.3) is 0 Å². The van der Waals surface area contributed by atoms with Crippen LogP contribution in [-0.4, -0.2) is 49.6 Å². The van der Waals surface area contributed by atoms with Gasteiger partial charge in [0.05, 0.1) is 19.3 Å². The minimum absolute atomic E-state index is 0.228. The van der Waals surface area contributed by atoms with Crippen LogP contribution in [0.15, 0.2) is 0 Å². The molecule has 1 saturated carbocycles. The fraction of sp³-hybridized carbons (Fsp3) is 0.941. The summed E-state index contributed by atoms with van der Waals surface area (Å²) in [6, 6.07) is 0. The van der Waals surface area contributed by atoms with Gasteiger partial charge in [-0.25, -0.2) is 4.79 Å². The smallest absolute Gasteiger partial charge is 0.450 e. The van der Waals surface area contributed by atoms with Gasteiger partial charge in [-0.1, -0.05) is 26.2 Å². The van der Waals surface area contributed by atoms with Crippen molar-refractivity contribution < 1.29 is 28.8 Å². The summed E-state index contributed by atoms with van der Waals surface area (Å²) in [4.78, 5) is 10.5. The van der Waals surface area contributed by atoms with Gasteiger partial charge >= 0.3 is 6.16 Å². The zero-order chi connectivity index (χ0) is 16.5. The van der Waals surface area contributed by atoms with Gasteiger partial charge in [0, 0.05) is 12.5 Å². The van der Waals surface area contributed by atoms with E-state index in [9.17, 15) is 4.79 Å². The quantitative estimate of drug-likeness (QED) is 0.541. The third-order valence-corrected chi connectivity index (χ3v) is 4.62. The molecule has 2 aliphatic rings. The molecule has 0 unspecified atom stereocenters. The third kappa shape index (κ3) is 6.65. The Bertz CT molecular complexity index is 332. The van der Waals surface area contributed by atoms with E-state index in [0.717, 1.165) is 38.7 Å². The standard InChI is InChI=1S/C17H30O6/c1-2-3-4-5-10-20-14-8-6-13(7-9-14)16-21-11-15(12-22-16)23-17(18)19/h13-16H,2-12H2,1H3,(H,18,19). The molecule has 0 aromatic rings. The van der Waals surface area contributed by atoms with E-state index in [1.54, 1.807) is 0 Å². The van der Waals surface area contributed by atoms with E-state index in [4.69, 9.17) is 19.3 Å². The minimum Gasteiger partial charge on any atom is -0.450 e. The molecule has 1 heterocycles. The van der Waals surface area contributed by atoms with Crippen molar-refractivity contribution in [2.75, 3.05) is 19.8 Å². The highest BCUT2D eigenvalue weighted by Crippen LogP contribution is 2.32. The lowest BCUT2D eigenvalue weighted by molar-refractivity contribution is -0.244. The van der Waals surface area contributed by atoms with Crippen molar-refractivity contribution in [3.63, 3.8) is 0 Å². The Balaban J connectivity index is 1.57. The van der Waals surface area contributed by atoms with E-state index in [2.05, 4.69) is 11.7 Å². The van der Waals surface area contributed by atoms with Gasteiger partial charge in [-0.05, 0) is 32.1 Å². The normalized spacial score (nSPS) is 31.7. The molecular weight excluding hydrogens is 300 g/mol. The average Bonchev–Trinajstić information content (AvgIpc) is 2.55. The van der Waals surface area contributed by atoms with Crippen LogP contribution in [0.5, 0.6) is 0 Å². The van der Waals surface area contributed by atoms with Crippen LogP contribution < -0.4 is 0 Å². The molecule has 6 nitrogen and oxygen atoms in total. The topological polar surface area (TPSA) is 74.2 Å². The van der Waals surface area contributed by atoms with Gasteiger partial charge in [-0.15, -0.1) is 0 Å². The summed E-state index contributed by atoms with van der Waals surface area (Å²) in [6.07, 6.45) is 7.50. The highest BCUT2D eigenvalue weighted by atomic mass is 16.7. The highest BCUT2D eigenvalue weighted by Gasteiger charge is 2.33. The van der Waals surface area contributed by atoms with Crippen molar-refractivity contribution in [1.29, 1.82) is 0 Å². The number of rotatable bonds is 8. The Kier molecular flexibility index (Phi) is 8.12. The molecule has 2 fully saturated rings. The highest BCUT2D eigenvalue weighted by molar-refractivity contribution is 5.57. The molecule has 23 heavy (non-hydrogen) atoms. The predicted molar refractivity (Wildman–Crippen MR) is 84.4 cm³/mol. The Morgan fingerprint density at radius 1 is 1.04 bits per heavy atom. The van der Waals surface area contributed by atoms with Gasteiger partial charge in [-0.2, -0.15) is 0 Å². The average molecular weight is 330 g/mol. The summed E-state index contributed by atoms with van der Waals surface area (Å²) >= 11 is 0. The zero-order valence-electron chi connectivity index (χ0n) is 14.1. The first kappa shape index (κ1) is 18.5. The molecular formula is C17H30O6. The summed E-state index contributed by atoms with van der Waals surface area (Å²) < 4.78 is 21.9. The van der Waals surface area contributed by atoms with Crippen LogP contribution in [-0.2, 0) is 18.9 Å². The number of carboxylic acid groups (broad SMARTS) is 1. The molecule has 1 aliphatic heterocycles. The van der Waals surface area contributed by atoms with Crippen molar-refractivity contribution in [1.82, 2.24) is 0 Å². The second kappa shape index (κ2) is 10.1. The largest absolute Gasteiger partial charge is 0.506 e. The molecule has 1 aliphatic carbocycles. The van der Waals surface area contributed by atoms with Gasteiger partial charge in [-0.3, -0.25) is 0 Å². The van der Waals surface area contributed by atoms with Gasteiger partial charge in [0.1, 0.15) is 0 Å². The number of unbranched alkanes of at least 4 members (excludes halogenated alkanes) is 3. The van der Waals surface area contributed by atoms with E-state index < -0.39 is 12.3 Å². The van der Waals surface area contributed by atoms with Gasteiger partial charge in [0.25, 0.3) is 0 Å². The van der Waals surface area contributed by atoms with Crippen LogP contribution in [0.4, 0.5) is 4.79 Å².